The molecule has 2 heterocycles. The van der Waals surface area contributed by atoms with E-state index in [9.17, 15) is 5.11 Å². The first kappa shape index (κ1) is 13.6. The van der Waals surface area contributed by atoms with Crippen molar-refractivity contribution >= 4 is 16.7 Å². The Hall–Kier alpha value is -3.08. The van der Waals surface area contributed by atoms with Gasteiger partial charge in [-0.25, -0.2) is 4.98 Å². The summed E-state index contributed by atoms with van der Waals surface area (Å²) in [6.07, 6.45) is 1.67. The van der Waals surface area contributed by atoms with Gasteiger partial charge >= 0.3 is 0 Å². The molecule has 5 heteroatoms. The van der Waals surface area contributed by atoms with Gasteiger partial charge in [0.15, 0.2) is 5.65 Å². The predicted molar refractivity (Wildman–Crippen MR) is 88.9 cm³/mol. The van der Waals surface area contributed by atoms with Crippen molar-refractivity contribution in [2.24, 2.45) is 0 Å². The van der Waals surface area contributed by atoms with Crippen molar-refractivity contribution in [1.29, 1.82) is 0 Å². The molecule has 0 atom stereocenters. The molecule has 5 nitrogen and oxygen atoms in total. The zero-order valence-electron chi connectivity index (χ0n) is 12.8. The summed E-state index contributed by atoms with van der Waals surface area (Å²) in [5.41, 5.74) is 5.02. The highest BCUT2D eigenvalue weighted by atomic mass is 16.5. The van der Waals surface area contributed by atoms with Gasteiger partial charge in [0.1, 0.15) is 11.4 Å². The van der Waals surface area contributed by atoms with Gasteiger partial charge in [-0.05, 0) is 42.3 Å². The van der Waals surface area contributed by atoms with Crippen LogP contribution in [0.15, 0.2) is 48.7 Å². The highest BCUT2D eigenvalue weighted by molar-refractivity contribution is 5.84. The summed E-state index contributed by atoms with van der Waals surface area (Å²) in [6, 6.07) is 13.9. The molecule has 4 rings (SSSR count). The van der Waals surface area contributed by atoms with Crippen LogP contribution in [0.4, 0.5) is 0 Å². The Labute approximate surface area is 132 Å². The SMILES string of the molecule is COc1ccc(-c2ccc3c(c2)ncc2nc(C)c(O)n23)cc1. The van der Waals surface area contributed by atoms with E-state index in [-0.39, 0.29) is 5.88 Å². The fourth-order valence-corrected chi connectivity index (χ4v) is 2.77. The minimum atomic E-state index is 0.157. The summed E-state index contributed by atoms with van der Waals surface area (Å²) >= 11 is 0. The summed E-state index contributed by atoms with van der Waals surface area (Å²) in [6.45, 7) is 1.78. The summed E-state index contributed by atoms with van der Waals surface area (Å²) in [4.78, 5) is 8.76. The first-order valence-electron chi connectivity index (χ1n) is 7.28. The normalized spacial score (nSPS) is 11.2. The highest BCUT2D eigenvalue weighted by Gasteiger charge is 2.11. The van der Waals surface area contributed by atoms with Gasteiger partial charge in [-0.1, -0.05) is 18.2 Å². The van der Waals surface area contributed by atoms with E-state index in [1.165, 1.54) is 0 Å². The molecule has 0 unspecified atom stereocenters. The molecule has 0 amide bonds. The molecule has 0 bridgehead atoms. The Kier molecular flexibility index (Phi) is 2.94. The molecule has 0 aliphatic carbocycles. The maximum Gasteiger partial charge on any atom is 0.219 e. The zero-order valence-corrected chi connectivity index (χ0v) is 12.8. The molecule has 114 valence electrons. The lowest BCUT2D eigenvalue weighted by molar-refractivity contribution is 0.415. The predicted octanol–water partition coefficient (Wildman–Crippen LogP) is 3.57. The second kappa shape index (κ2) is 4.98. The maximum absolute atomic E-state index is 10.2. The van der Waals surface area contributed by atoms with Gasteiger partial charge in [-0.3, -0.25) is 9.38 Å². The second-order valence-corrected chi connectivity index (χ2v) is 5.40. The van der Waals surface area contributed by atoms with Crippen molar-refractivity contribution < 1.29 is 9.84 Å². The lowest BCUT2D eigenvalue weighted by Crippen LogP contribution is -1.91. The number of benzene rings is 2. The Morgan fingerprint density at radius 1 is 1.04 bits per heavy atom. The van der Waals surface area contributed by atoms with Crippen molar-refractivity contribution in [3.63, 3.8) is 0 Å². The standard InChI is InChI=1S/C18H15N3O2/c1-11-18(22)21-16-8-5-13(9-15(16)19-10-17(21)20-11)12-3-6-14(23-2)7-4-12/h3-10,22H,1-2H3. The fourth-order valence-electron chi connectivity index (χ4n) is 2.77. The summed E-state index contributed by atoms with van der Waals surface area (Å²) in [5.74, 6) is 0.984. The third-order valence-corrected chi connectivity index (χ3v) is 4.01. The van der Waals surface area contributed by atoms with Crippen LogP contribution in [-0.2, 0) is 0 Å². The van der Waals surface area contributed by atoms with Crippen molar-refractivity contribution in [1.82, 2.24) is 14.4 Å². The maximum atomic E-state index is 10.2. The number of aromatic nitrogens is 3. The van der Waals surface area contributed by atoms with Gasteiger partial charge in [0, 0.05) is 0 Å². The molecule has 0 spiro atoms. The number of methoxy groups -OCH3 is 1. The Bertz CT molecular complexity index is 1020. The van der Waals surface area contributed by atoms with E-state index >= 15 is 0 Å². The van der Waals surface area contributed by atoms with Crippen molar-refractivity contribution in [3.8, 4) is 22.8 Å². The van der Waals surface area contributed by atoms with Crippen LogP contribution in [0, 0.1) is 6.92 Å². The number of aryl methyl sites for hydroxylation is 1. The van der Waals surface area contributed by atoms with E-state index in [2.05, 4.69) is 9.97 Å². The van der Waals surface area contributed by atoms with Gasteiger partial charge < -0.3 is 9.84 Å². The lowest BCUT2D eigenvalue weighted by Gasteiger charge is -2.07. The topological polar surface area (TPSA) is 59.7 Å². The molecule has 4 aromatic rings. The molecule has 2 aromatic carbocycles. The van der Waals surface area contributed by atoms with Gasteiger partial charge in [0.2, 0.25) is 5.88 Å². The Balaban J connectivity index is 1.90. The van der Waals surface area contributed by atoms with Crippen molar-refractivity contribution in [2.75, 3.05) is 7.11 Å². The minimum Gasteiger partial charge on any atom is -0.497 e. The summed E-state index contributed by atoms with van der Waals surface area (Å²) < 4.78 is 6.91. The smallest absolute Gasteiger partial charge is 0.219 e. The number of nitrogens with zero attached hydrogens (tertiary/aromatic N) is 3. The monoisotopic (exact) mass is 305 g/mol. The number of rotatable bonds is 2. The first-order chi connectivity index (χ1) is 11.2. The van der Waals surface area contributed by atoms with Crippen LogP contribution in [0.25, 0.3) is 27.8 Å². The number of ether oxygens (including phenoxy) is 1. The number of aromatic hydroxyl groups is 1. The van der Waals surface area contributed by atoms with E-state index < -0.39 is 0 Å². The van der Waals surface area contributed by atoms with Crippen LogP contribution in [-0.4, -0.2) is 26.6 Å². The molecule has 2 aromatic heterocycles. The molecule has 0 aliphatic heterocycles. The van der Waals surface area contributed by atoms with Crippen LogP contribution in [0.3, 0.4) is 0 Å². The van der Waals surface area contributed by atoms with E-state index in [1.807, 2.05) is 42.5 Å². The van der Waals surface area contributed by atoms with E-state index in [4.69, 9.17) is 4.74 Å². The molecule has 0 aliphatic rings. The zero-order chi connectivity index (χ0) is 16.0. The molecule has 0 saturated carbocycles. The fraction of sp³-hybridized carbons (Fsp3) is 0.111. The van der Waals surface area contributed by atoms with Gasteiger partial charge in [-0.2, -0.15) is 0 Å². The molecule has 1 N–H and O–H groups in total. The van der Waals surface area contributed by atoms with Crippen molar-refractivity contribution in [3.05, 3.63) is 54.4 Å². The quantitative estimate of drug-likeness (QED) is 0.615. The van der Waals surface area contributed by atoms with Gasteiger partial charge in [-0.15, -0.1) is 0 Å². The Morgan fingerprint density at radius 3 is 2.52 bits per heavy atom. The number of hydrogen-bond acceptors (Lipinski definition) is 4. The van der Waals surface area contributed by atoms with Gasteiger partial charge in [0.25, 0.3) is 0 Å². The van der Waals surface area contributed by atoms with Crippen LogP contribution in [0.1, 0.15) is 5.69 Å². The van der Waals surface area contributed by atoms with E-state index in [0.29, 0.717) is 11.3 Å². The third-order valence-electron chi connectivity index (χ3n) is 4.01. The molecular weight excluding hydrogens is 290 g/mol. The first-order valence-corrected chi connectivity index (χ1v) is 7.28. The third kappa shape index (κ3) is 2.09. The second-order valence-electron chi connectivity index (χ2n) is 5.40. The average molecular weight is 305 g/mol. The molecule has 0 radical (unpaired) electrons. The van der Waals surface area contributed by atoms with Crippen molar-refractivity contribution in [2.45, 2.75) is 6.92 Å². The molecule has 0 fully saturated rings. The highest BCUT2D eigenvalue weighted by Crippen LogP contribution is 2.28. The van der Waals surface area contributed by atoms with Crippen LogP contribution in [0.2, 0.25) is 0 Å². The largest absolute Gasteiger partial charge is 0.497 e. The summed E-state index contributed by atoms with van der Waals surface area (Å²) in [5, 5.41) is 10.2. The minimum absolute atomic E-state index is 0.157. The van der Waals surface area contributed by atoms with Crippen LogP contribution < -0.4 is 4.74 Å². The molecular formula is C18H15N3O2. The van der Waals surface area contributed by atoms with Gasteiger partial charge in [0.05, 0.1) is 24.3 Å². The lowest BCUT2D eigenvalue weighted by atomic mass is 10.0. The number of hydrogen-bond donors (Lipinski definition) is 1. The number of imidazole rings is 1. The summed E-state index contributed by atoms with van der Waals surface area (Å²) in [7, 11) is 1.65. The Morgan fingerprint density at radius 2 is 1.78 bits per heavy atom. The van der Waals surface area contributed by atoms with E-state index in [1.54, 1.807) is 24.6 Å². The number of fused-ring (bicyclic) bond motifs is 3. The van der Waals surface area contributed by atoms with Crippen LogP contribution >= 0.6 is 0 Å². The van der Waals surface area contributed by atoms with E-state index in [0.717, 1.165) is 27.9 Å². The molecule has 23 heavy (non-hydrogen) atoms. The van der Waals surface area contributed by atoms with Crippen LogP contribution in [0.5, 0.6) is 11.6 Å². The molecule has 0 saturated heterocycles. The average Bonchev–Trinajstić information content (AvgIpc) is 2.89.